The van der Waals surface area contributed by atoms with Gasteiger partial charge in [0.05, 0.1) is 11.8 Å². The highest BCUT2D eigenvalue weighted by molar-refractivity contribution is 6.30. The molecule has 1 aliphatic rings. The molecule has 2 heterocycles. The van der Waals surface area contributed by atoms with E-state index in [9.17, 15) is 9.90 Å². The lowest BCUT2D eigenvalue weighted by atomic mass is 10.0. The molecule has 0 spiro atoms. The topological polar surface area (TPSA) is 75.8 Å². The van der Waals surface area contributed by atoms with Gasteiger partial charge in [-0.15, -0.1) is 0 Å². The molecule has 134 valence electrons. The van der Waals surface area contributed by atoms with Crippen LogP contribution in [0, 0.1) is 19.8 Å². The number of benzene rings is 1. The van der Waals surface area contributed by atoms with Crippen LogP contribution in [-0.2, 0) is 11.2 Å². The van der Waals surface area contributed by atoms with Crippen LogP contribution in [0.3, 0.4) is 0 Å². The first-order valence-electron chi connectivity index (χ1n) is 8.19. The summed E-state index contributed by atoms with van der Waals surface area (Å²) in [6.07, 6.45) is -0.0187. The van der Waals surface area contributed by atoms with Crippen molar-refractivity contribution in [2.45, 2.75) is 26.4 Å². The number of carbonyl (C=O) groups is 1. The third kappa shape index (κ3) is 4.32. The number of aliphatic hydroxyl groups excluding tert-OH is 1. The zero-order valence-corrected chi connectivity index (χ0v) is 15.0. The molecule has 1 aliphatic heterocycles. The first-order chi connectivity index (χ1) is 11.9. The lowest BCUT2D eigenvalue weighted by Crippen LogP contribution is -2.33. The van der Waals surface area contributed by atoms with Crippen molar-refractivity contribution in [1.29, 1.82) is 0 Å². The maximum Gasteiger partial charge on any atom is 0.260 e. The molecular formula is C18H21ClN2O4. The summed E-state index contributed by atoms with van der Waals surface area (Å²) in [5.74, 6) is 1.15. The smallest absolute Gasteiger partial charge is 0.260 e. The average molecular weight is 365 g/mol. The highest BCUT2D eigenvalue weighted by Gasteiger charge is 2.34. The Hall–Kier alpha value is -2.05. The predicted octanol–water partition coefficient (Wildman–Crippen LogP) is 2.39. The van der Waals surface area contributed by atoms with Crippen LogP contribution in [0.4, 0.5) is 0 Å². The van der Waals surface area contributed by atoms with E-state index in [1.54, 1.807) is 23.1 Å². The van der Waals surface area contributed by atoms with E-state index in [4.69, 9.17) is 20.9 Å². The van der Waals surface area contributed by atoms with E-state index in [1.807, 2.05) is 19.9 Å². The minimum absolute atomic E-state index is 0.0615. The van der Waals surface area contributed by atoms with E-state index < -0.39 is 6.10 Å². The summed E-state index contributed by atoms with van der Waals surface area (Å²) in [5, 5.41) is 14.7. The highest BCUT2D eigenvalue weighted by Crippen LogP contribution is 2.24. The fourth-order valence-corrected chi connectivity index (χ4v) is 3.26. The lowest BCUT2D eigenvalue weighted by molar-refractivity contribution is -0.132. The molecule has 1 aromatic carbocycles. The fourth-order valence-electron chi connectivity index (χ4n) is 3.03. The summed E-state index contributed by atoms with van der Waals surface area (Å²) < 4.78 is 10.8. The molecule has 2 aromatic rings. The van der Waals surface area contributed by atoms with Gasteiger partial charge in [-0.05, 0) is 37.6 Å². The third-order valence-electron chi connectivity index (χ3n) is 4.39. The molecule has 0 aliphatic carbocycles. The summed E-state index contributed by atoms with van der Waals surface area (Å²) in [6, 6.07) is 7.11. The van der Waals surface area contributed by atoms with Crippen LogP contribution in [0.1, 0.15) is 17.0 Å². The van der Waals surface area contributed by atoms with Crippen LogP contribution in [0.15, 0.2) is 28.8 Å². The molecule has 1 amide bonds. The Bertz CT molecular complexity index is 761. The SMILES string of the molecule is Cc1cc(C[C@@H]2CN(C(=O)COc3ccc(Cl)cc3C)C[C@@H]2O)on1. The van der Waals surface area contributed by atoms with E-state index in [0.29, 0.717) is 30.3 Å². The van der Waals surface area contributed by atoms with Gasteiger partial charge in [0.15, 0.2) is 6.61 Å². The summed E-state index contributed by atoms with van der Waals surface area (Å²) in [7, 11) is 0. The molecule has 1 aromatic heterocycles. The van der Waals surface area contributed by atoms with Gasteiger partial charge in [0.25, 0.3) is 5.91 Å². The van der Waals surface area contributed by atoms with E-state index in [-0.39, 0.29) is 18.4 Å². The first kappa shape index (κ1) is 17.8. The molecule has 2 atom stereocenters. The monoisotopic (exact) mass is 364 g/mol. The van der Waals surface area contributed by atoms with Gasteiger partial charge in [-0.2, -0.15) is 0 Å². The van der Waals surface area contributed by atoms with E-state index in [1.165, 1.54) is 0 Å². The number of aryl methyl sites for hydroxylation is 2. The van der Waals surface area contributed by atoms with Crippen LogP contribution in [0.25, 0.3) is 0 Å². The molecule has 0 radical (unpaired) electrons. The second kappa shape index (κ2) is 7.45. The molecule has 0 unspecified atom stereocenters. The van der Waals surface area contributed by atoms with Crippen molar-refractivity contribution in [2.75, 3.05) is 19.7 Å². The zero-order valence-electron chi connectivity index (χ0n) is 14.2. The van der Waals surface area contributed by atoms with Gasteiger partial charge in [0.2, 0.25) is 0 Å². The molecule has 1 N–H and O–H groups in total. The van der Waals surface area contributed by atoms with Crippen molar-refractivity contribution in [1.82, 2.24) is 10.1 Å². The Balaban J connectivity index is 1.54. The molecule has 25 heavy (non-hydrogen) atoms. The molecular weight excluding hydrogens is 344 g/mol. The normalized spacial score (nSPS) is 20.1. The number of amides is 1. The number of hydrogen-bond acceptors (Lipinski definition) is 5. The van der Waals surface area contributed by atoms with Crippen molar-refractivity contribution in [3.63, 3.8) is 0 Å². The van der Waals surface area contributed by atoms with Crippen LogP contribution in [0.5, 0.6) is 5.75 Å². The minimum Gasteiger partial charge on any atom is -0.483 e. The molecule has 0 saturated carbocycles. The Labute approximate surface area is 151 Å². The lowest BCUT2D eigenvalue weighted by Gasteiger charge is -2.17. The van der Waals surface area contributed by atoms with Gasteiger partial charge < -0.3 is 19.3 Å². The molecule has 1 fully saturated rings. The van der Waals surface area contributed by atoms with E-state index in [0.717, 1.165) is 17.0 Å². The van der Waals surface area contributed by atoms with Crippen molar-refractivity contribution < 1.29 is 19.2 Å². The Morgan fingerprint density at radius 2 is 2.20 bits per heavy atom. The maximum absolute atomic E-state index is 12.4. The number of ether oxygens (including phenoxy) is 1. The standard InChI is InChI=1S/C18H21ClN2O4/c1-11-5-14(19)3-4-17(11)24-10-18(23)21-8-13(16(22)9-21)7-15-6-12(2)20-25-15/h3-6,13,16,22H,7-10H2,1-2H3/t13-,16+/m1/s1. The molecule has 3 rings (SSSR count). The first-order valence-corrected chi connectivity index (χ1v) is 8.57. The minimum atomic E-state index is -0.577. The van der Waals surface area contributed by atoms with Gasteiger partial charge in [-0.25, -0.2) is 0 Å². The van der Waals surface area contributed by atoms with Gasteiger partial charge in [-0.1, -0.05) is 16.8 Å². The Morgan fingerprint density at radius 3 is 2.88 bits per heavy atom. The van der Waals surface area contributed by atoms with Gasteiger partial charge in [-0.3, -0.25) is 4.79 Å². The number of carbonyl (C=O) groups excluding carboxylic acids is 1. The second-order valence-corrected chi connectivity index (χ2v) is 6.90. The van der Waals surface area contributed by atoms with E-state index in [2.05, 4.69) is 5.16 Å². The van der Waals surface area contributed by atoms with Crippen LogP contribution in [-0.4, -0.2) is 46.9 Å². The summed E-state index contributed by atoms with van der Waals surface area (Å²) in [4.78, 5) is 14.0. The second-order valence-electron chi connectivity index (χ2n) is 6.46. The fraction of sp³-hybridized carbons (Fsp3) is 0.444. The Morgan fingerprint density at radius 1 is 1.40 bits per heavy atom. The highest BCUT2D eigenvalue weighted by atomic mass is 35.5. The van der Waals surface area contributed by atoms with Crippen LogP contribution < -0.4 is 4.74 Å². The van der Waals surface area contributed by atoms with E-state index >= 15 is 0 Å². The maximum atomic E-state index is 12.4. The van der Waals surface area contributed by atoms with Crippen molar-refractivity contribution in [3.05, 3.63) is 46.3 Å². The molecule has 6 nitrogen and oxygen atoms in total. The summed E-state index contributed by atoms with van der Waals surface area (Å²) in [5.41, 5.74) is 1.68. The quantitative estimate of drug-likeness (QED) is 0.881. The predicted molar refractivity (Wildman–Crippen MR) is 92.7 cm³/mol. The summed E-state index contributed by atoms with van der Waals surface area (Å²) in [6.45, 7) is 4.44. The van der Waals surface area contributed by atoms with Gasteiger partial charge in [0.1, 0.15) is 11.5 Å². The van der Waals surface area contributed by atoms with Crippen LogP contribution in [0.2, 0.25) is 5.02 Å². The number of β-amino-alcohol motifs (C(OH)–C–C–N with tert-alkyl or cyclic N) is 1. The van der Waals surface area contributed by atoms with Gasteiger partial charge >= 0.3 is 0 Å². The largest absolute Gasteiger partial charge is 0.483 e. The number of likely N-dealkylation sites (tertiary alicyclic amines) is 1. The average Bonchev–Trinajstić information content (AvgIpc) is 3.13. The van der Waals surface area contributed by atoms with Crippen LogP contribution >= 0.6 is 11.6 Å². The molecule has 7 heteroatoms. The number of nitrogens with zero attached hydrogens (tertiary/aromatic N) is 2. The number of aromatic nitrogens is 1. The summed E-state index contributed by atoms with van der Waals surface area (Å²) >= 11 is 5.91. The van der Waals surface area contributed by atoms with Crippen molar-refractivity contribution in [2.24, 2.45) is 5.92 Å². The van der Waals surface area contributed by atoms with Crippen molar-refractivity contribution in [3.8, 4) is 5.75 Å². The number of halogens is 1. The molecule has 0 bridgehead atoms. The number of rotatable bonds is 5. The molecule has 1 saturated heterocycles. The van der Waals surface area contributed by atoms with Crippen molar-refractivity contribution >= 4 is 17.5 Å². The zero-order chi connectivity index (χ0) is 18.0. The number of aliphatic hydroxyl groups is 1. The van der Waals surface area contributed by atoms with Gasteiger partial charge in [0, 0.05) is 36.5 Å². The Kier molecular flexibility index (Phi) is 5.30. The number of hydrogen-bond donors (Lipinski definition) is 1. The third-order valence-corrected chi connectivity index (χ3v) is 4.62.